The van der Waals surface area contributed by atoms with Gasteiger partial charge in [-0.2, -0.15) is 0 Å². The molecule has 2 heteroatoms. The van der Waals surface area contributed by atoms with Crippen LogP contribution in [0.1, 0.15) is 12.8 Å². The van der Waals surface area contributed by atoms with Crippen LogP contribution in [0.2, 0.25) is 0 Å². The molecule has 12 heavy (non-hydrogen) atoms. The highest BCUT2D eigenvalue weighted by Gasteiger charge is 2.21. The molecule has 1 aliphatic rings. The van der Waals surface area contributed by atoms with Crippen LogP contribution in [0.3, 0.4) is 0 Å². The molecule has 2 nitrogen and oxygen atoms in total. The molecule has 2 N–H and O–H groups in total. The maximum absolute atomic E-state index is 3.76. The second-order valence-corrected chi connectivity index (χ2v) is 3.17. The molecule has 0 amide bonds. The second-order valence-electron chi connectivity index (χ2n) is 3.17. The van der Waals surface area contributed by atoms with Gasteiger partial charge in [-0.15, -0.1) is 13.2 Å². The molecule has 0 bridgehead atoms. The SMILES string of the molecule is C=CCC1NCCNC1CC=C. The van der Waals surface area contributed by atoms with Gasteiger partial charge in [0, 0.05) is 25.2 Å². The summed E-state index contributed by atoms with van der Waals surface area (Å²) in [6, 6.07) is 1.07. The van der Waals surface area contributed by atoms with Crippen LogP contribution in [0, 0.1) is 0 Å². The van der Waals surface area contributed by atoms with Gasteiger partial charge in [-0.1, -0.05) is 12.2 Å². The number of piperazine rings is 1. The normalized spacial score (nSPS) is 29.7. The first-order chi connectivity index (χ1) is 5.88. The zero-order valence-electron chi connectivity index (χ0n) is 7.55. The van der Waals surface area contributed by atoms with Gasteiger partial charge in [0.05, 0.1) is 0 Å². The van der Waals surface area contributed by atoms with E-state index in [1.165, 1.54) is 0 Å². The van der Waals surface area contributed by atoms with Gasteiger partial charge in [0.2, 0.25) is 0 Å². The van der Waals surface area contributed by atoms with Gasteiger partial charge in [-0.25, -0.2) is 0 Å². The molecule has 1 fully saturated rings. The third kappa shape index (κ3) is 2.47. The monoisotopic (exact) mass is 166 g/mol. The Kier molecular flexibility index (Phi) is 4.05. The molecule has 2 unspecified atom stereocenters. The van der Waals surface area contributed by atoms with E-state index in [-0.39, 0.29) is 0 Å². The van der Waals surface area contributed by atoms with Crippen molar-refractivity contribution in [2.75, 3.05) is 13.1 Å². The van der Waals surface area contributed by atoms with Crippen molar-refractivity contribution < 1.29 is 0 Å². The molecule has 0 aromatic heterocycles. The molecule has 0 saturated carbocycles. The molecular formula is C10H18N2. The van der Waals surface area contributed by atoms with Crippen molar-refractivity contribution in [2.24, 2.45) is 0 Å². The standard InChI is InChI=1S/C10H18N2/c1-3-5-9-10(6-4-2)12-8-7-11-9/h3-4,9-12H,1-2,5-8H2. The van der Waals surface area contributed by atoms with Crippen LogP contribution < -0.4 is 10.6 Å². The summed E-state index contributed by atoms with van der Waals surface area (Å²) in [6.45, 7) is 9.63. The fourth-order valence-electron chi connectivity index (χ4n) is 1.65. The van der Waals surface area contributed by atoms with E-state index in [4.69, 9.17) is 0 Å². The smallest absolute Gasteiger partial charge is 0.0259 e. The average molecular weight is 166 g/mol. The second kappa shape index (κ2) is 5.12. The fraction of sp³-hybridized carbons (Fsp3) is 0.600. The van der Waals surface area contributed by atoms with Crippen LogP contribution in [0.5, 0.6) is 0 Å². The molecule has 0 aromatic rings. The predicted molar refractivity (Wildman–Crippen MR) is 53.2 cm³/mol. The Morgan fingerprint density at radius 2 is 1.42 bits per heavy atom. The molecule has 0 spiro atoms. The van der Waals surface area contributed by atoms with Crippen LogP contribution in [-0.4, -0.2) is 25.2 Å². The minimum atomic E-state index is 0.536. The summed E-state index contributed by atoms with van der Waals surface area (Å²) < 4.78 is 0. The Hall–Kier alpha value is -0.600. The van der Waals surface area contributed by atoms with E-state index in [1.807, 2.05) is 12.2 Å². The Balaban J connectivity index is 2.41. The lowest BCUT2D eigenvalue weighted by molar-refractivity contribution is 0.324. The van der Waals surface area contributed by atoms with Crippen molar-refractivity contribution >= 4 is 0 Å². The molecule has 68 valence electrons. The first kappa shape index (κ1) is 9.49. The Labute approximate surface area is 74.7 Å². The fourth-order valence-corrected chi connectivity index (χ4v) is 1.65. The van der Waals surface area contributed by atoms with Gasteiger partial charge in [0.15, 0.2) is 0 Å². The van der Waals surface area contributed by atoms with Crippen LogP contribution in [0.4, 0.5) is 0 Å². The summed E-state index contributed by atoms with van der Waals surface area (Å²) in [5.41, 5.74) is 0. The summed E-state index contributed by atoms with van der Waals surface area (Å²) in [6.07, 6.45) is 6.01. The molecule has 0 aliphatic carbocycles. The van der Waals surface area contributed by atoms with Gasteiger partial charge < -0.3 is 10.6 Å². The van der Waals surface area contributed by atoms with E-state index in [2.05, 4.69) is 23.8 Å². The van der Waals surface area contributed by atoms with Crippen molar-refractivity contribution in [1.29, 1.82) is 0 Å². The van der Waals surface area contributed by atoms with Gasteiger partial charge in [-0.3, -0.25) is 0 Å². The predicted octanol–water partition coefficient (Wildman–Crippen LogP) is 1.07. The summed E-state index contributed by atoms with van der Waals surface area (Å²) in [4.78, 5) is 0. The molecule has 1 heterocycles. The Morgan fingerprint density at radius 1 is 1.00 bits per heavy atom. The van der Waals surface area contributed by atoms with E-state index < -0.39 is 0 Å². The molecule has 0 aromatic carbocycles. The summed E-state index contributed by atoms with van der Waals surface area (Å²) in [7, 11) is 0. The number of rotatable bonds is 4. The maximum atomic E-state index is 3.76. The highest BCUT2D eigenvalue weighted by Crippen LogP contribution is 2.07. The minimum Gasteiger partial charge on any atom is -0.311 e. The van der Waals surface area contributed by atoms with Gasteiger partial charge in [0.1, 0.15) is 0 Å². The van der Waals surface area contributed by atoms with Crippen molar-refractivity contribution in [3.05, 3.63) is 25.3 Å². The number of nitrogens with one attached hydrogen (secondary N) is 2. The van der Waals surface area contributed by atoms with Crippen molar-refractivity contribution in [2.45, 2.75) is 24.9 Å². The zero-order chi connectivity index (χ0) is 8.81. The van der Waals surface area contributed by atoms with Gasteiger partial charge in [-0.05, 0) is 12.8 Å². The topological polar surface area (TPSA) is 24.1 Å². The highest BCUT2D eigenvalue weighted by molar-refractivity contribution is 4.94. The lowest BCUT2D eigenvalue weighted by atomic mass is 9.99. The molecule has 1 saturated heterocycles. The van der Waals surface area contributed by atoms with Crippen molar-refractivity contribution in [3.63, 3.8) is 0 Å². The summed E-state index contributed by atoms with van der Waals surface area (Å²) in [5, 5.41) is 6.95. The van der Waals surface area contributed by atoms with E-state index in [9.17, 15) is 0 Å². The van der Waals surface area contributed by atoms with E-state index in [0.29, 0.717) is 12.1 Å². The van der Waals surface area contributed by atoms with Gasteiger partial charge in [0.25, 0.3) is 0 Å². The van der Waals surface area contributed by atoms with Gasteiger partial charge >= 0.3 is 0 Å². The summed E-state index contributed by atoms with van der Waals surface area (Å²) in [5.74, 6) is 0. The van der Waals surface area contributed by atoms with Crippen LogP contribution in [-0.2, 0) is 0 Å². The van der Waals surface area contributed by atoms with Crippen LogP contribution in [0.25, 0.3) is 0 Å². The maximum Gasteiger partial charge on any atom is 0.0259 e. The third-order valence-corrected chi connectivity index (χ3v) is 2.26. The lowest BCUT2D eigenvalue weighted by Crippen LogP contribution is -2.55. The van der Waals surface area contributed by atoms with Crippen LogP contribution >= 0.6 is 0 Å². The molecule has 2 atom stereocenters. The summed E-state index contributed by atoms with van der Waals surface area (Å²) >= 11 is 0. The molecule has 0 radical (unpaired) electrons. The molecule has 1 aliphatic heterocycles. The van der Waals surface area contributed by atoms with E-state index in [0.717, 1.165) is 25.9 Å². The first-order valence-electron chi connectivity index (χ1n) is 4.57. The van der Waals surface area contributed by atoms with E-state index >= 15 is 0 Å². The van der Waals surface area contributed by atoms with Crippen molar-refractivity contribution in [1.82, 2.24) is 10.6 Å². The average Bonchev–Trinajstić information content (AvgIpc) is 2.09. The third-order valence-electron chi connectivity index (χ3n) is 2.26. The molecule has 1 rings (SSSR count). The minimum absolute atomic E-state index is 0.536. The zero-order valence-corrected chi connectivity index (χ0v) is 7.55. The quantitative estimate of drug-likeness (QED) is 0.610. The van der Waals surface area contributed by atoms with Crippen molar-refractivity contribution in [3.8, 4) is 0 Å². The van der Waals surface area contributed by atoms with E-state index in [1.54, 1.807) is 0 Å². The Morgan fingerprint density at radius 3 is 1.75 bits per heavy atom. The number of hydrogen-bond donors (Lipinski definition) is 2. The highest BCUT2D eigenvalue weighted by atomic mass is 15.1. The van der Waals surface area contributed by atoms with Crippen LogP contribution in [0.15, 0.2) is 25.3 Å². The number of hydrogen-bond acceptors (Lipinski definition) is 2. The Bertz CT molecular complexity index is 136. The first-order valence-corrected chi connectivity index (χ1v) is 4.57. The molecular weight excluding hydrogens is 148 g/mol. The lowest BCUT2D eigenvalue weighted by Gasteiger charge is -2.32. The largest absolute Gasteiger partial charge is 0.311 e.